The molecule has 1 heterocycles. The Morgan fingerprint density at radius 3 is 2.83 bits per heavy atom. The topological polar surface area (TPSA) is 68.3 Å². The van der Waals surface area contributed by atoms with Gasteiger partial charge in [-0.3, -0.25) is 14.6 Å². The second kappa shape index (κ2) is 8.22. The third kappa shape index (κ3) is 5.98. The molecule has 0 spiro atoms. The Kier molecular flexibility index (Phi) is 6.46. The lowest BCUT2D eigenvalue weighted by atomic mass is 10.2. The summed E-state index contributed by atoms with van der Waals surface area (Å²) in [7, 11) is 0. The van der Waals surface area contributed by atoms with Crippen LogP contribution in [0.2, 0.25) is 0 Å². The maximum Gasteiger partial charge on any atom is 0.306 e. The first kappa shape index (κ1) is 14.2. The van der Waals surface area contributed by atoms with E-state index in [4.69, 9.17) is 4.74 Å². The summed E-state index contributed by atoms with van der Waals surface area (Å²) < 4.78 is 4.74. The normalized spacial score (nSPS) is 9.83. The number of carbonyl (C=O) groups excluding carboxylic acids is 2. The van der Waals surface area contributed by atoms with Gasteiger partial charge in [0.05, 0.1) is 13.0 Å². The summed E-state index contributed by atoms with van der Waals surface area (Å²) in [4.78, 5) is 26.6. The fraction of sp³-hybridized carbons (Fsp3) is 0.462. The van der Waals surface area contributed by atoms with Crippen LogP contribution in [0.5, 0.6) is 0 Å². The SMILES string of the molecule is CCOC(=O)CCC(=O)NCCc1ccccn1. The van der Waals surface area contributed by atoms with E-state index in [1.165, 1.54) is 0 Å². The van der Waals surface area contributed by atoms with Crippen molar-refractivity contribution in [3.8, 4) is 0 Å². The summed E-state index contributed by atoms with van der Waals surface area (Å²) in [5.41, 5.74) is 0.934. The number of pyridine rings is 1. The van der Waals surface area contributed by atoms with Crippen molar-refractivity contribution < 1.29 is 14.3 Å². The number of ether oxygens (including phenoxy) is 1. The van der Waals surface area contributed by atoms with E-state index < -0.39 is 0 Å². The molecular formula is C13H18N2O3. The first-order valence-electron chi connectivity index (χ1n) is 6.04. The van der Waals surface area contributed by atoms with Crippen LogP contribution in [-0.4, -0.2) is 30.0 Å². The fourth-order valence-corrected chi connectivity index (χ4v) is 1.41. The van der Waals surface area contributed by atoms with Crippen LogP contribution in [0.4, 0.5) is 0 Å². The fourth-order valence-electron chi connectivity index (χ4n) is 1.41. The second-order valence-corrected chi connectivity index (χ2v) is 3.73. The largest absolute Gasteiger partial charge is 0.466 e. The molecule has 0 aliphatic rings. The van der Waals surface area contributed by atoms with Gasteiger partial charge in [0.2, 0.25) is 5.91 Å². The molecule has 1 rings (SSSR count). The van der Waals surface area contributed by atoms with E-state index in [-0.39, 0.29) is 24.7 Å². The molecule has 0 saturated heterocycles. The average Bonchev–Trinajstić information content (AvgIpc) is 2.38. The zero-order valence-electron chi connectivity index (χ0n) is 10.5. The van der Waals surface area contributed by atoms with Crippen molar-refractivity contribution in [2.45, 2.75) is 26.2 Å². The summed E-state index contributed by atoms with van der Waals surface area (Å²) in [6, 6.07) is 5.66. The molecule has 18 heavy (non-hydrogen) atoms. The number of esters is 1. The highest BCUT2D eigenvalue weighted by Crippen LogP contribution is 1.95. The highest BCUT2D eigenvalue weighted by atomic mass is 16.5. The Balaban J connectivity index is 2.12. The molecule has 1 N–H and O–H groups in total. The third-order valence-corrected chi connectivity index (χ3v) is 2.29. The van der Waals surface area contributed by atoms with Crippen molar-refractivity contribution in [3.05, 3.63) is 30.1 Å². The molecule has 98 valence electrons. The van der Waals surface area contributed by atoms with Gasteiger partial charge in [-0.15, -0.1) is 0 Å². The van der Waals surface area contributed by atoms with Crippen LogP contribution in [0.3, 0.4) is 0 Å². The Labute approximate surface area is 107 Å². The first-order chi connectivity index (χ1) is 8.72. The predicted octanol–water partition coefficient (Wildman–Crippen LogP) is 1.08. The van der Waals surface area contributed by atoms with Gasteiger partial charge in [-0.2, -0.15) is 0 Å². The lowest BCUT2D eigenvalue weighted by Gasteiger charge is -2.04. The summed E-state index contributed by atoms with van der Waals surface area (Å²) >= 11 is 0. The van der Waals surface area contributed by atoms with Crippen molar-refractivity contribution in [3.63, 3.8) is 0 Å². The molecule has 5 nitrogen and oxygen atoms in total. The minimum atomic E-state index is -0.336. The van der Waals surface area contributed by atoms with Crippen LogP contribution >= 0.6 is 0 Å². The van der Waals surface area contributed by atoms with E-state index in [9.17, 15) is 9.59 Å². The van der Waals surface area contributed by atoms with Crippen LogP contribution in [0.1, 0.15) is 25.5 Å². The Morgan fingerprint density at radius 1 is 1.33 bits per heavy atom. The van der Waals surface area contributed by atoms with E-state index in [2.05, 4.69) is 10.3 Å². The number of hydrogen-bond acceptors (Lipinski definition) is 4. The van der Waals surface area contributed by atoms with E-state index in [1.54, 1.807) is 13.1 Å². The minimum Gasteiger partial charge on any atom is -0.466 e. The molecule has 0 aliphatic carbocycles. The monoisotopic (exact) mass is 250 g/mol. The Bertz CT molecular complexity index is 379. The van der Waals surface area contributed by atoms with Gasteiger partial charge in [0.25, 0.3) is 0 Å². The first-order valence-corrected chi connectivity index (χ1v) is 6.04. The number of rotatable bonds is 7. The lowest BCUT2D eigenvalue weighted by molar-refractivity contribution is -0.144. The van der Waals surface area contributed by atoms with Gasteiger partial charge in [0.1, 0.15) is 0 Å². The molecular weight excluding hydrogens is 232 g/mol. The highest BCUT2D eigenvalue weighted by Gasteiger charge is 2.06. The second-order valence-electron chi connectivity index (χ2n) is 3.73. The van der Waals surface area contributed by atoms with E-state index >= 15 is 0 Å². The quantitative estimate of drug-likeness (QED) is 0.735. The molecule has 1 amide bonds. The third-order valence-electron chi connectivity index (χ3n) is 2.29. The van der Waals surface area contributed by atoms with Crippen molar-refractivity contribution in [1.29, 1.82) is 0 Å². The maximum absolute atomic E-state index is 11.4. The number of hydrogen-bond donors (Lipinski definition) is 1. The summed E-state index contributed by atoms with van der Waals surface area (Å²) in [6.45, 7) is 2.61. The van der Waals surface area contributed by atoms with Gasteiger partial charge >= 0.3 is 5.97 Å². The number of nitrogens with one attached hydrogen (secondary N) is 1. The number of amides is 1. The van der Waals surface area contributed by atoms with Crippen molar-refractivity contribution in [2.24, 2.45) is 0 Å². The molecule has 0 aliphatic heterocycles. The smallest absolute Gasteiger partial charge is 0.306 e. The van der Waals surface area contributed by atoms with Crippen LogP contribution in [0, 0.1) is 0 Å². The van der Waals surface area contributed by atoms with E-state index in [0.29, 0.717) is 19.6 Å². The molecule has 0 saturated carbocycles. The Hall–Kier alpha value is -1.91. The number of nitrogens with zero attached hydrogens (tertiary/aromatic N) is 1. The molecule has 0 radical (unpaired) electrons. The van der Waals surface area contributed by atoms with Gasteiger partial charge in [0, 0.05) is 31.3 Å². The maximum atomic E-state index is 11.4. The molecule has 5 heteroatoms. The van der Waals surface area contributed by atoms with Crippen LogP contribution in [0.25, 0.3) is 0 Å². The summed E-state index contributed by atoms with van der Waals surface area (Å²) in [5, 5.41) is 2.74. The zero-order valence-corrected chi connectivity index (χ0v) is 10.5. The molecule has 1 aromatic heterocycles. The van der Waals surface area contributed by atoms with Crippen LogP contribution in [-0.2, 0) is 20.7 Å². The highest BCUT2D eigenvalue weighted by molar-refractivity contribution is 5.81. The van der Waals surface area contributed by atoms with Crippen molar-refractivity contribution in [2.75, 3.05) is 13.2 Å². The summed E-state index contributed by atoms with van der Waals surface area (Å²) in [5.74, 6) is -0.476. The molecule has 0 bridgehead atoms. The zero-order chi connectivity index (χ0) is 13.2. The molecule has 0 unspecified atom stereocenters. The minimum absolute atomic E-state index is 0.128. The molecule has 0 fully saturated rings. The van der Waals surface area contributed by atoms with Crippen molar-refractivity contribution in [1.82, 2.24) is 10.3 Å². The average molecular weight is 250 g/mol. The molecule has 0 aromatic carbocycles. The number of aromatic nitrogens is 1. The van der Waals surface area contributed by atoms with Gasteiger partial charge in [-0.1, -0.05) is 6.07 Å². The Morgan fingerprint density at radius 2 is 2.17 bits per heavy atom. The van der Waals surface area contributed by atoms with Crippen LogP contribution < -0.4 is 5.32 Å². The molecule has 1 aromatic rings. The van der Waals surface area contributed by atoms with Gasteiger partial charge in [0.15, 0.2) is 0 Å². The van der Waals surface area contributed by atoms with E-state index in [1.807, 2.05) is 18.2 Å². The predicted molar refractivity (Wildman–Crippen MR) is 66.8 cm³/mol. The van der Waals surface area contributed by atoms with Gasteiger partial charge in [-0.25, -0.2) is 0 Å². The van der Waals surface area contributed by atoms with Gasteiger partial charge in [-0.05, 0) is 19.1 Å². The van der Waals surface area contributed by atoms with Crippen molar-refractivity contribution >= 4 is 11.9 Å². The van der Waals surface area contributed by atoms with E-state index in [0.717, 1.165) is 5.69 Å². The molecule has 0 atom stereocenters. The summed E-state index contributed by atoms with van der Waals surface area (Å²) in [6.07, 6.45) is 2.70. The standard InChI is InChI=1S/C13H18N2O3/c1-2-18-13(17)7-6-12(16)15-10-8-11-5-3-4-9-14-11/h3-5,9H,2,6-8,10H2,1H3,(H,15,16). The number of carbonyl (C=O) groups is 2. The lowest BCUT2D eigenvalue weighted by Crippen LogP contribution is -2.26. The van der Waals surface area contributed by atoms with Gasteiger partial charge < -0.3 is 10.1 Å². The van der Waals surface area contributed by atoms with Crippen LogP contribution in [0.15, 0.2) is 24.4 Å².